The molecule has 6 nitrogen and oxygen atoms in total. The number of rotatable bonds is 5. The standard InChI is InChI=1S/C20H15ClN4O2/c21-15-3-5-16(6-4-15)25-19(20(26)23-13-17-2-1-11-27-17)12-18(24-25)14-7-9-22-10-8-14/h1-12H,13H2,(H,23,26). The van der Waals surface area contributed by atoms with Gasteiger partial charge in [-0.1, -0.05) is 11.6 Å². The first-order chi connectivity index (χ1) is 13.2. The van der Waals surface area contributed by atoms with Crippen LogP contribution >= 0.6 is 11.6 Å². The van der Waals surface area contributed by atoms with Crippen LogP contribution in [0.4, 0.5) is 0 Å². The molecule has 4 aromatic rings. The zero-order valence-electron chi connectivity index (χ0n) is 14.2. The lowest BCUT2D eigenvalue weighted by Gasteiger charge is -2.07. The first-order valence-electron chi connectivity index (χ1n) is 8.28. The molecule has 1 N–H and O–H groups in total. The second-order valence-electron chi connectivity index (χ2n) is 5.80. The molecule has 4 rings (SSSR count). The van der Waals surface area contributed by atoms with Crippen LogP contribution in [0.25, 0.3) is 16.9 Å². The van der Waals surface area contributed by atoms with E-state index in [2.05, 4.69) is 15.4 Å². The number of aromatic nitrogens is 3. The summed E-state index contributed by atoms with van der Waals surface area (Å²) in [7, 11) is 0. The van der Waals surface area contributed by atoms with E-state index in [-0.39, 0.29) is 5.91 Å². The monoisotopic (exact) mass is 378 g/mol. The van der Waals surface area contributed by atoms with Gasteiger partial charge in [0.05, 0.1) is 24.2 Å². The first kappa shape index (κ1) is 17.1. The number of nitrogens with zero attached hydrogens (tertiary/aromatic N) is 3. The summed E-state index contributed by atoms with van der Waals surface area (Å²) in [6.07, 6.45) is 4.95. The van der Waals surface area contributed by atoms with Crippen molar-refractivity contribution in [1.29, 1.82) is 0 Å². The molecule has 0 bridgehead atoms. The number of carbonyl (C=O) groups excluding carboxylic acids is 1. The quantitative estimate of drug-likeness (QED) is 0.567. The van der Waals surface area contributed by atoms with Crippen molar-refractivity contribution in [1.82, 2.24) is 20.1 Å². The fourth-order valence-corrected chi connectivity index (χ4v) is 2.78. The average Bonchev–Trinajstić information content (AvgIpc) is 3.37. The Labute approximate surface area is 160 Å². The number of halogens is 1. The molecule has 3 heterocycles. The number of carbonyl (C=O) groups is 1. The lowest BCUT2D eigenvalue weighted by Crippen LogP contribution is -2.25. The molecule has 0 aliphatic heterocycles. The van der Waals surface area contributed by atoms with Crippen molar-refractivity contribution >= 4 is 17.5 Å². The van der Waals surface area contributed by atoms with Crippen LogP contribution in [0.2, 0.25) is 5.02 Å². The fourth-order valence-electron chi connectivity index (χ4n) is 2.66. The van der Waals surface area contributed by atoms with Gasteiger partial charge in [0.1, 0.15) is 11.5 Å². The summed E-state index contributed by atoms with van der Waals surface area (Å²) in [5.74, 6) is 0.421. The van der Waals surface area contributed by atoms with Gasteiger partial charge in [-0.3, -0.25) is 9.78 Å². The first-order valence-corrected chi connectivity index (χ1v) is 8.65. The Kier molecular flexibility index (Phi) is 4.72. The third-order valence-corrected chi connectivity index (χ3v) is 4.24. The molecular weight excluding hydrogens is 364 g/mol. The van der Waals surface area contributed by atoms with Crippen LogP contribution in [0.15, 0.2) is 77.7 Å². The van der Waals surface area contributed by atoms with E-state index in [4.69, 9.17) is 16.0 Å². The van der Waals surface area contributed by atoms with Crippen molar-refractivity contribution in [3.05, 3.63) is 89.7 Å². The summed E-state index contributed by atoms with van der Waals surface area (Å²) in [4.78, 5) is 16.8. The number of amides is 1. The molecule has 0 fully saturated rings. The minimum Gasteiger partial charge on any atom is -0.467 e. The second kappa shape index (κ2) is 7.47. The van der Waals surface area contributed by atoms with E-state index in [1.165, 1.54) is 0 Å². The van der Waals surface area contributed by atoms with E-state index >= 15 is 0 Å². The molecule has 0 spiro atoms. The van der Waals surface area contributed by atoms with Gasteiger partial charge in [0.15, 0.2) is 0 Å². The molecule has 0 saturated heterocycles. The van der Waals surface area contributed by atoms with Crippen LogP contribution in [0, 0.1) is 0 Å². The topological polar surface area (TPSA) is 73.0 Å². The average molecular weight is 379 g/mol. The van der Waals surface area contributed by atoms with Gasteiger partial charge >= 0.3 is 0 Å². The summed E-state index contributed by atoms with van der Waals surface area (Å²) < 4.78 is 6.86. The van der Waals surface area contributed by atoms with E-state index < -0.39 is 0 Å². The number of nitrogens with one attached hydrogen (secondary N) is 1. The third kappa shape index (κ3) is 3.75. The normalized spacial score (nSPS) is 10.7. The highest BCUT2D eigenvalue weighted by atomic mass is 35.5. The van der Waals surface area contributed by atoms with Crippen molar-refractivity contribution < 1.29 is 9.21 Å². The SMILES string of the molecule is O=C(NCc1ccco1)c1cc(-c2ccncc2)nn1-c1ccc(Cl)cc1. The number of furan rings is 1. The highest BCUT2D eigenvalue weighted by Gasteiger charge is 2.18. The van der Waals surface area contributed by atoms with Crippen LogP contribution in [0.1, 0.15) is 16.2 Å². The van der Waals surface area contributed by atoms with Crippen LogP contribution < -0.4 is 5.32 Å². The zero-order chi connectivity index (χ0) is 18.6. The molecule has 134 valence electrons. The minimum absolute atomic E-state index is 0.255. The Morgan fingerprint density at radius 2 is 1.89 bits per heavy atom. The Balaban J connectivity index is 1.70. The number of pyridine rings is 1. The minimum atomic E-state index is -0.255. The Bertz CT molecular complexity index is 1040. The van der Waals surface area contributed by atoms with E-state index in [1.807, 2.05) is 24.3 Å². The molecule has 27 heavy (non-hydrogen) atoms. The summed E-state index contributed by atoms with van der Waals surface area (Å²) >= 11 is 5.98. The van der Waals surface area contributed by atoms with Gasteiger partial charge in [-0.05, 0) is 54.6 Å². The summed E-state index contributed by atoms with van der Waals surface area (Å²) in [5.41, 5.74) is 2.70. The summed E-state index contributed by atoms with van der Waals surface area (Å²) in [6.45, 7) is 0.294. The third-order valence-electron chi connectivity index (χ3n) is 3.99. The number of benzene rings is 1. The van der Waals surface area contributed by atoms with E-state index in [1.54, 1.807) is 53.7 Å². The van der Waals surface area contributed by atoms with Gasteiger partial charge in [0.2, 0.25) is 0 Å². The maximum absolute atomic E-state index is 12.8. The van der Waals surface area contributed by atoms with Gasteiger partial charge in [0.25, 0.3) is 5.91 Å². The molecule has 0 saturated carbocycles. The highest BCUT2D eigenvalue weighted by Crippen LogP contribution is 2.22. The fraction of sp³-hybridized carbons (Fsp3) is 0.0500. The summed E-state index contributed by atoms with van der Waals surface area (Å²) in [5, 5.41) is 8.08. The summed E-state index contributed by atoms with van der Waals surface area (Å²) in [6, 6.07) is 16.2. The molecule has 0 radical (unpaired) electrons. The van der Waals surface area contributed by atoms with Crippen molar-refractivity contribution in [2.45, 2.75) is 6.54 Å². The van der Waals surface area contributed by atoms with Crippen LogP contribution in [0.5, 0.6) is 0 Å². The Morgan fingerprint density at radius 1 is 1.11 bits per heavy atom. The molecule has 1 amide bonds. The van der Waals surface area contributed by atoms with Gasteiger partial charge in [-0.25, -0.2) is 4.68 Å². The second-order valence-corrected chi connectivity index (χ2v) is 6.24. The van der Waals surface area contributed by atoms with Crippen molar-refractivity contribution in [3.8, 4) is 16.9 Å². The molecule has 0 aliphatic rings. The molecular formula is C20H15ClN4O2. The van der Waals surface area contributed by atoms with Gasteiger partial charge in [0, 0.05) is 23.0 Å². The lowest BCUT2D eigenvalue weighted by atomic mass is 10.2. The molecule has 0 unspecified atom stereocenters. The molecule has 0 aliphatic carbocycles. The Morgan fingerprint density at radius 3 is 2.59 bits per heavy atom. The Hall–Kier alpha value is -3.38. The molecule has 3 aromatic heterocycles. The van der Waals surface area contributed by atoms with Crippen molar-refractivity contribution in [2.75, 3.05) is 0 Å². The van der Waals surface area contributed by atoms with Gasteiger partial charge < -0.3 is 9.73 Å². The lowest BCUT2D eigenvalue weighted by molar-refractivity contribution is 0.0940. The van der Waals surface area contributed by atoms with Crippen molar-refractivity contribution in [2.24, 2.45) is 0 Å². The van der Waals surface area contributed by atoms with Crippen LogP contribution in [0.3, 0.4) is 0 Å². The van der Waals surface area contributed by atoms with E-state index in [0.29, 0.717) is 28.7 Å². The predicted molar refractivity (Wildman–Crippen MR) is 102 cm³/mol. The number of hydrogen-bond donors (Lipinski definition) is 1. The van der Waals surface area contributed by atoms with Crippen LogP contribution in [-0.2, 0) is 6.54 Å². The molecule has 1 aromatic carbocycles. The van der Waals surface area contributed by atoms with Gasteiger partial charge in [-0.2, -0.15) is 5.10 Å². The zero-order valence-corrected chi connectivity index (χ0v) is 14.9. The van der Waals surface area contributed by atoms with Crippen molar-refractivity contribution in [3.63, 3.8) is 0 Å². The molecule has 0 atom stereocenters. The maximum Gasteiger partial charge on any atom is 0.270 e. The van der Waals surface area contributed by atoms with E-state index in [0.717, 1.165) is 11.3 Å². The number of hydrogen-bond acceptors (Lipinski definition) is 4. The smallest absolute Gasteiger partial charge is 0.270 e. The largest absolute Gasteiger partial charge is 0.467 e. The van der Waals surface area contributed by atoms with E-state index in [9.17, 15) is 4.79 Å². The van der Waals surface area contributed by atoms with Crippen LogP contribution in [-0.4, -0.2) is 20.7 Å². The predicted octanol–water partition coefficient (Wildman–Crippen LogP) is 4.11. The highest BCUT2D eigenvalue weighted by molar-refractivity contribution is 6.30. The maximum atomic E-state index is 12.8. The molecule has 7 heteroatoms. The van der Waals surface area contributed by atoms with Gasteiger partial charge in [-0.15, -0.1) is 0 Å².